The van der Waals surface area contributed by atoms with Gasteiger partial charge in [0.15, 0.2) is 0 Å². The molecular formula is C12H12F3NO5S. The highest BCUT2D eigenvalue weighted by Gasteiger charge is 2.47. The summed E-state index contributed by atoms with van der Waals surface area (Å²) in [4.78, 5) is 11.1. The zero-order valence-electron chi connectivity index (χ0n) is 11.2. The van der Waals surface area contributed by atoms with E-state index < -0.39 is 40.3 Å². The first-order valence-corrected chi connectivity index (χ1v) is 7.50. The second-order valence-electron chi connectivity index (χ2n) is 4.80. The summed E-state index contributed by atoms with van der Waals surface area (Å²) in [6, 6.07) is 3.05. The smallest absolute Gasteiger partial charge is 0.423 e. The molecule has 122 valence electrons. The van der Waals surface area contributed by atoms with Crippen LogP contribution in [0.15, 0.2) is 24.3 Å². The molecule has 10 heteroatoms. The minimum atomic E-state index is -4.47. The van der Waals surface area contributed by atoms with Crippen LogP contribution in [0.25, 0.3) is 0 Å². The van der Waals surface area contributed by atoms with Crippen molar-refractivity contribution in [2.75, 3.05) is 0 Å². The zero-order chi connectivity index (χ0) is 16.7. The Morgan fingerprint density at radius 1 is 1.32 bits per heavy atom. The van der Waals surface area contributed by atoms with Crippen LogP contribution in [0.1, 0.15) is 18.1 Å². The highest BCUT2D eigenvalue weighted by Crippen LogP contribution is 2.31. The fourth-order valence-electron chi connectivity index (χ4n) is 2.22. The molecule has 0 spiro atoms. The van der Waals surface area contributed by atoms with Crippen LogP contribution in [0, 0.1) is 0 Å². The molecule has 1 saturated heterocycles. The van der Waals surface area contributed by atoms with Crippen LogP contribution in [0.5, 0.6) is 0 Å². The van der Waals surface area contributed by atoms with Crippen LogP contribution in [0.2, 0.25) is 0 Å². The molecule has 2 atom stereocenters. The highest BCUT2D eigenvalue weighted by molar-refractivity contribution is 7.85. The van der Waals surface area contributed by atoms with Crippen molar-refractivity contribution in [3.63, 3.8) is 0 Å². The van der Waals surface area contributed by atoms with E-state index in [9.17, 15) is 26.4 Å². The van der Waals surface area contributed by atoms with Crippen LogP contribution < -0.4 is 0 Å². The molecule has 0 radical (unpaired) electrons. The van der Waals surface area contributed by atoms with Gasteiger partial charge < -0.3 is 5.11 Å². The number of benzene rings is 1. The average molecular weight is 339 g/mol. The monoisotopic (exact) mass is 339 g/mol. The fraction of sp³-hybridized carbons (Fsp3) is 0.417. The van der Waals surface area contributed by atoms with Crippen molar-refractivity contribution in [1.82, 2.24) is 4.31 Å². The predicted molar refractivity (Wildman–Crippen MR) is 68.3 cm³/mol. The van der Waals surface area contributed by atoms with Gasteiger partial charge in [0.25, 0.3) is 0 Å². The summed E-state index contributed by atoms with van der Waals surface area (Å²) in [7, 11) is -4.38. The number of hydrogen-bond acceptors (Lipinski definition) is 4. The molecule has 0 bridgehead atoms. The molecule has 0 saturated carbocycles. The molecule has 6 nitrogen and oxygen atoms in total. The maximum Gasteiger partial charge on any atom is 0.423 e. The van der Waals surface area contributed by atoms with E-state index in [-0.39, 0.29) is 10.7 Å². The van der Waals surface area contributed by atoms with Gasteiger partial charge in [0.1, 0.15) is 0 Å². The Labute approximate surface area is 124 Å². The second kappa shape index (κ2) is 5.43. The van der Waals surface area contributed by atoms with Crippen LogP contribution in [-0.4, -0.2) is 36.1 Å². The third-order valence-corrected chi connectivity index (χ3v) is 4.73. The lowest BCUT2D eigenvalue weighted by Crippen LogP contribution is -2.41. The van der Waals surface area contributed by atoms with Crippen LogP contribution >= 0.6 is 0 Å². The van der Waals surface area contributed by atoms with Gasteiger partial charge in [0.05, 0.1) is 17.7 Å². The first-order chi connectivity index (χ1) is 10.0. The minimum Gasteiger partial charge on any atom is -0.464 e. The van der Waals surface area contributed by atoms with E-state index in [1.165, 1.54) is 19.1 Å². The number of carbonyl (C=O) groups is 1. The van der Waals surface area contributed by atoms with Crippen molar-refractivity contribution in [3.8, 4) is 0 Å². The van der Waals surface area contributed by atoms with E-state index >= 15 is 0 Å². The Bertz CT molecular complexity index is 671. The summed E-state index contributed by atoms with van der Waals surface area (Å²) in [6.45, 7) is 1.38. The van der Waals surface area contributed by atoms with Crippen LogP contribution in [0.3, 0.4) is 0 Å². The van der Waals surface area contributed by atoms with Gasteiger partial charge in [0, 0.05) is 0 Å². The Morgan fingerprint density at radius 2 is 1.86 bits per heavy atom. The molecule has 1 fully saturated rings. The molecule has 0 aromatic heterocycles. The fourth-order valence-corrected chi connectivity index (χ4v) is 3.59. The van der Waals surface area contributed by atoms with Gasteiger partial charge in [-0.1, -0.05) is 12.1 Å². The normalized spacial score (nSPS) is 24.5. The quantitative estimate of drug-likeness (QED) is 0.893. The standard InChI is InChI=1S/C12H12F3NO5S/c1-7-10(16(11(17)18)22(19,20)21-7)6-8-2-4-9(5-3-8)12(13,14)15/h2-5,7,10H,6H2,1H3,(H,17,18)/t7-,10-/m0/s1. The van der Waals surface area contributed by atoms with E-state index in [1.807, 2.05) is 0 Å². The molecule has 0 aliphatic carbocycles. The minimum absolute atomic E-state index is 0.0785. The second-order valence-corrected chi connectivity index (χ2v) is 6.24. The first-order valence-electron chi connectivity index (χ1n) is 6.14. The molecule has 1 amide bonds. The molecule has 1 aliphatic heterocycles. The van der Waals surface area contributed by atoms with E-state index in [1.54, 1.807) is 0 Å². The van der Waals surface area contributed by atoms with E-state index in [0.29, 0.717) is 5.56 Å². The molecule has 2 rings (SSSR count). The number of alkyl halides is 3. The summed E-state index contributed by atoms with van der Waals surface area (Å²) in [5.74, 6) is 0. The number of hydrogen-bond donors (Lipinski definition) is 1. The topological polar surface area (TPSA) is 83.9 Å². The zero-order valence-corrected chi connectivity index (χ0v) is 12.1. The van der Waals surface area contributed by atoms with E-state index in [0.717, 1.165) is 12.1 Å². The summed E-state index contributed by atoms with van der Waals surface area (Å²) < 4.78 is 65.4. The first kappa shape index (κ1) is 16.6. The third-order valence-electron chi connectivity index (χ3n) is 3.27. The van der Waals surface area contributed by atoms with Gasteiger partial charge in [-0.2, -0.15) is 25.9 Å². The van der Waals surface area contributed by atoms with Gasteiger partial charge in [-0.25, -0.2) is 8.98 Å². The molecule has 1 N–H and O–H groups in total. The lowest BCUT2D eigenvalue weighted by Gasteiger charge is -2.19. The van der Waals surface area contributed by atoms with Crippen molar-refractivity contribution in [2.45, 2.75) is 31.7 Å². The van der Waals surface area contributed by atoms with Gasteiger partial charge in [0.2, 0.25) is 0 Å². The van der Waals surface area contributed by atoms with Crippen molar-refractivity contribution in [2.24, 2.45) is 0 Å². The molecule has 1 aromatic rings. The predicted octanol–water partition coefficient (Wildman–Crippen LogP) is 2.26. The van der Waals surface area contributed by atoms with Gasteiger partial charge in [-0.15, -0.1) is 0 Å². The van der Waals surface area contributed by atoms with Crippen LogP contribution in [-0.2, 0) is 27.1 Å². The van der Waals surface area contributed by atoms with Gasteiger partial charge >= 0.3 is 22.6 Å². The average Bonchev–Trinajstić information content (AvgIpc) is 2.58. The summed E-state index contributed by atoms with van der Waals surface area (Å²) in [5, 5.41) is 8.98. The molecule has 22 heavy (non-hydrogen) atoms. The van der Waals surface area contributed by atoms with E-state index in [2.05, 4.69) is 4.18 Å². The van der Waals surface area contributed by atoms with Crippen molar-refractivity contribution in [3.05, 3.63) is 35.4 Å². The van der Waals surface area contributed by atoms with Gasteiger partial charge in [-0.05, 0) is 31.0 Å². The van der Waals surface area contributed by atoms with Crippen molar-refractivity contribution < 1.29 is 35.7 Å². The Balaban J connectivity index is 2.24. The number of amides is 1. The molecule has 1 aromatic carbocycles. The Morgan fingerprint density at radius 3 is 2.32 bits per heavy atom. The molecule has 0 unspecified atom stereocenters. The van der Waals surface area contributed by atoms with Gasteiger partial charge in [-0.3, -0.25) is 0 Å². The molecular weight excluding hydrogens is 327 g/mol. The molecule has 1 aliphatic rings. The Kier molecular flexibility index (Phi) is 4.09. The number of carboxylic acid groups (broad SMARTS) is 1. The molecule has 1 heterocycles. The maximum atomic E-state index is 12.5. The van der Waals surface area contributed by atoms with Crippen molar-refractivity contribution in [1.29, 1.82) is 0 Å². The number of nitrogens with zero attached hydrogens (tertiary/aromatic N) is 1. The van der Waals surface area contributed by atoms with E-state index in [4.69, 9.17) is 5.11 Å². The number of rotatable bonds is 2. The third kappa shape index (κ3) is 3.17. The Hall–Kier alpha value is -1.81. The summed E-state index contributed by atoms with van der Waals surface area (Å²) in [6.07, 6.45) is -7.17. The maximum absolute atomic E-state index is 12.5. The lowest BCUT2D eigenvalue weighted by molar-refractivity contribution is -0.137. The lowest BCUT2D eigenvalue weighted by atomic mass is 10.0. The largest absolute Gasteiger partial charge is 0.464 e. The SMILES string of the molecule is C[C@@H]1OS(=O)(=O)N(C(=O)O)[C@H]1Cc1ccc(C(F)(F)F)cc1. The number of halogens is 3. The van der Waals surface area contributed by atoms with Crippen molar-refractivity contribution >= 4 is 16.4 Å². The summed E-state index contributed by atoms with van der Waals surface area (Å²) >= 11 is 0. The van der Waals surface area contributed by atoms with Crippen LogP contribution in [0.4, 0.5) is 18.0 Å². The highest BCUT2D eigenvalue weighted by atomic mass is 32.2. The summed E-state index contributed by atoms with van der Waals surface area (Å²) in [5.41, 5.74) is -0.466.